The normalized spacial score (nSPS) is 9.46. The third-order valence-corrected chi connectivity index (χ3v) is 1.83. The van der Waals surface area contributed by atoms with Gasteiger partial charge in [-0.05, 0) is 37.6 Å². The van der Waals surface area contributed by atoms with Gasteiger partial charge in [0.2, 0.25) is 5.78 Å². The molecule has 0 N–H and O–H groups in total. The molecule has 0 aromatic carbocycles. The second-order valence-corrected chi connectivity index (χ2v) is 2.96. The molecule has 0 aliphatic rings. The quantitative estimate of drug-likeness (QED) is 0.506. The first-order chi connectivity index (χ1) is 6.13. The summed E-state index contributed by atoms with van der Waals surface area (Å²) in [5.74, 6) is -0.0881. The van der Waals surface area contributed by atoms with E-state index in [0.717, 1.165) is 5.57 Å². The molecule has 68 valence electrons. The number of aromatic nitrogens is 3. The highest BCUT2D eigenvalue weighted by atomic mass is 16.1. The van der Waals surface area contributed by atoms with Crippen LogP contribution in [-0.4, -0.2) is 21.2 Å². The van der Waals surface area contributed by atoms with Gasteiger partial charge in [0.15, 0.2) is 0 Å². The zero-order chi connectivity index (χ0) is 9.84. The van der Waals surface area contributed by atoms with Crippen LogP contribution < -0.4 is 0 Å². The van der Waals surface area contributed by atoms with Crippen LogP contribution in [0.1, 0.15) is 31.3 Å². The molecule has 1 heterocycles. The molecule has 0 bridgehead atoms. The number of allylic oxidation sites excluding steroid dienone is 2. The van der Waals surface area contributed by atoms with Gasteiger partial charge in [0.1, 0.15) is 5.69 Å². The lowest BCUT2D eigenvalue weighted by Crippen LogP contribution is -2.06. The lowest BCUT2D eigenvalue weighted by molar-refractivity contribution is 0.102. The summed E-state index contributed by atoms with van der Waals surface area (Å²) in [5.41, 5.74) is 2.04. The molecule has 0 saturated heterocycles. The van der Waals surface area contributed by atoms with Crippen LogP contribution in [0.25, 0.3) is 0 Å². The Morgan fingerprint density at radius 1 is 1.31 bits per heavy atom. The second-order valence-electron chi connectivity index (χ2n) is 2.96. The van der Waals surface area contributed by atoms with Crippen LogP contribution >= 0.6 is 0 Å². The summed E-state index contributed by atoms with van der Waals surface area (Å²) >= 11 is 0. The molecule has 1 aromatic rings. The summed E-state index contributed by atoms with van der Waals surface area (Å²) in [6, 6.07) is 1.56. The minimum atomic E-state index is -0.0881. The van der Waals surface area contributed by atoms with E-state index < -0.39 is 0 Å². The minimum absolute atomic E-state index is 0.0881. The molecule has 0 aliphatic heterocycles. The molecule has 0 fully saturated rings. The first-order valence-electron chi connectivity index (χ1n) is 3.96. The highest BCUT2D eigenvalue weighted by molar-refractivity contribution is 6.07. The molecule has 1 aromatic heterocycles. The number of ketones is 1. The maximum Gasteiger partial charge on any atom is 0.209 e. The molecular formula is C9H11N3O. The predicted octanol–water partition coefficient (Wildman–Crippen LogP) is 1.41. The fourth-order valence-electron chi connectivity index (χ4n) is 0.781. The maximum absolute atomic E-state index is 11.6. The Hall–Kier alpha value is -1.58. The van der Waals surface area contributed by atoms with Gasteiger partial charge in [-0.25, -0.2) is 0 Å². The zero-order valence-corrected chi connectivity index (χ0v) is 7.90. The topological polar surface area (TPSA) is 55.7 Å². The molecule has 0 unspecified atom stereocenters. The smallest absolute Gasteiger partial charge is 0.209 e. The second kappa shape index (κ2) is 3.89. The molecule has 1 rings (SSSR count). The molecule has 4 nitrogen and oxygen atoms in total. The number of hydrogen-bond donors (Lipinski definition) is 0. The maximum atomic E-state index is 11.6. The van der Waals surface area contributed by atoms with E-state index in [4.69, 9.17) is 0 Å². The van der Waals surface area contributed by atoms with Crippen molar-refractivity contribution in [3.63, 3.8) is 0 Å². The fraction of sp³-hybridized carbons (Fsp3) is 0.333. The molecule has 0 saturated carbocycles. The lowest BCUT2D eigenvalue weighted by Gasteiger charge is -2.00. The molecule has 13 heavy (non-hydrogen) atoms. The summed E-state index contributed by atoms with van der Waals surface area (Å²) in [5, 5.41) is 10.5. The van der Waals surface area contributed by atoms with Crippen LogP contribution in [0.5, 0.6) is 0 Å². The summed E-state index contributed by atoms with van der Waals surface area (Å²) in [6.07, 6.45) is 1.46. The average molecular weight is 177 g/mol. The molecular weight excluding hydrogens is 166 g/mol. The number of Topliss-reactive ketones (excluding diaryl/α,β-unsaturated/α-hetero) is 1. The summed E-state index contributed by atoms with van der Waals surface area (Å²) in [7, 11) is 0. The van der Waals surface area contributed by atoms with Crippen molar-refractivity contribution in [1.82, 2.24) is 15.4 Å². The van der Waals surface area contributed by atoms with Crippen LogP contribution in [0.4, 0.5) is 0 Å². The Labute approximate surface area is 76.7 Å². The predicted molar refractivity (Wildman–Crippen MR) is 48.2 cm³/mol. The Bertz CT molecular complexity index is 339. The van der Waals surface area contributed by atoms with Crippen molar-refractivity contribution >= 4 is 5.78 Å². The van der Waals surface area contributed by atoms with Crippen LogP contribution in [0.3, 0.4) is 0 Å². The van der Waals surface area contributed by atoms with Gasteiger partial charge in [-0.15, -0.1) is 10.2 Å². The first kappa shape index (κ1) is 9.51. The van der Waals surface area contributed by atoms with Gasteiger partial charge < -0.3 is 0 Å². The monoisotopic (exact) mass is 177 g/mol. The van der Waals surface area contributed by atoms with E-state index in [1.807, 2.05) is 13.8 Å². The van der Waals surface area contributed by atoms with E-state index >= 15 is 0 Å². The molecule has 0 atom stereocenters. The molecule has 0 amide bonds. The standard InChI is InChI=1S/C9H11N3O/c1-6(2)7(3)9(13)8-4-5-10-12-11-8/h4-5H,1-3H3. The van der Waals surface area contributed by atoms with Crippen molar-refractivity contribution in [3.05, 3.63) is 29.1 Å². The SMILES string of the molecule is CC(C)=C(C)C(=O)c1ccnnn1. The Balaban J connectivity index is 3.00. The molecule has 0 spiro atoms. The van der Waals surface area contributed by atoms with Crippen LogP contribution in [0, 0.1) is 0 Å². The van der Waals surface area contributed by atoms with Crippen molar-refractivity contribution in [1.29, 1.82) is 0 Å². The lowest BCUT2D eigenvalue weighted by atomic mass is 10.1. The molecule has 0 aliphatic carbocycles. The summed E-state index contributed by atoms with van der Waals surface area (Å²) in [6.45, 7) is 5.56. The third kappa shape index (κ3) is 2.18. The fourth-order valence-corrected chi connectivity index (χ4v) is 0.781. The third-order valence-electron chi connectivity index (χ3n) is 1.83. The van der Waals surface area contributed by atoms with Crippen molar-refractivity contribution in [2.45, 2.75) is 20.8 Å². The summed E-state index contributed by atoms with van der Waals surface area (Å²) < 4.78 is 0. The van der Waals surface area contributed by atoms with Crippen LogP contribution in [0.15, 0.2) is 23.4 Å². The number of hydrogen-bond acceptors (Lipinski definition) is 4. The van der Waals surface area contributed by atoms with Gasteiger partial charge in [-0.1, -0.05) is 5.57 Å². The van der Waals surface area contributed by atoms with Crippen molar-refractivity contribution in [2.24, 2.45) is 0 Å². The first-order valence-corrected chi connectivity index (χ1v) is 3.96. The van der Waals surface area contributed by atoms with Gasteiger partial charge >= 0.3 is 0 Å². The van der Waals surface area contributed by atoms with E-state index in [9.17, 15) is 4.79 Å². The van der Waals surface area contributed by atoms with Crippen molar-refractivity contribution in [3.8, 4) is 0 Å². The van der Waals surface area contributed by atoms with Gasteiger partial charge in [0, 0.05) is 0 Å². The number of carbonyl (C=O) groups is 1. The highest BCUT2D eigenvalue weighted by Gasteiger charge is 2.10. The van der Waals surface area contributed by atoms with E-state index in [0.29, 0.717) is 11.3 Å². The van der Waals surface area contributed by atoms with E-state index in [-0.39, 0.29) is 5.78 Å². The van der Waals surface area contributed by atoms with Crippen LogP contribution in [0.2, 0.25) is 0 Å². The van der Waals surface area contributed by atoms with E-state index in [2.05, 4.69) is 15.4 Å². The minimum Gasteiger partial charge on any atom is -0.287 e. The zero-order valence-electron chi connectivity index (χ0n) is 7.90. The molecule has 4 heteroatoms. The number of rotatable bonds is 2. The highest BCUT2D eigenvalue weighted by Crippen LogP contribution is 2.08. The number of carbonyl (C=O) groups excluding carboxylic acids is 1. The van der Waals surface area contributed by atoms with Gasteiger partial charge in [-0.2, -0.15) is 0 Å². The Kier molecular flexibility index (Phi) is 2.84. The van der Waals surface area contributed by atoms with Crippen molar-refractivity contribution < 1.29 is 4.79 Å². The largest absolute Gasteiger partial charge is 0.287 e. The summed E-state index contributed by atoms with van der Waals surface area (Å²) in [4.78, 5) is 11.6. The van der Waals surface area contributed by atoms with Crippen molar-refractivity contribution in [2.75, 3.05) is 0 Å². The van der Waals surface area contributed by atoms with Gasteiger partial charge in [0.05, 0.1) is 6.20 Å². The average Bonchev–Trinajstić information content (AvgIpc) is 2.17. The van der Waals surface area contributed by atoms with E-state index in [1.54, 1.807) is 13.0 Å². The van der Waals surface area contributed by atoms with E-state index in [1.165, 1.54) is 6.20 Å². The Morgan fingerprint density at radius 3 is 2.46 bits per heavy atom. The van der Waals surface area contributed by atoms with Gasteiger partial charge in [-0.3, -0.25) is 4.79 Å². The Morgan fingerprint density at radius 2 is 2.00 bits per heavy atom. The van der Waals surface area contributed by atoms with Gasteiger partial charge in [0.25, 0.3) is 0 Å². The van der Waals surface area contributed by atoms with Crippen LogP contribution in [-0.2, 0) is 0 Å². The number of nitrogens with zero attached hydrogens (tertiary/aromatic N) is 3. The molecule has 0 radical (unpaired) electrons.